The van der Waals surface area contributed by atoms with Crippen molar-refractivity contribution in [1.29, 1.82) is 0 Å². The van der Waals surface area contributed by atoms with E-state index in [9.17, 15) is 4.79 Å². The summed E-state index contributed by atoms with van der Waals surface area (Å²) in [7, 11) is 2.01. The maximum absolute atomic E-state index is 13.0. The molecule has 3 aromatic rings. The lowest BCUT2D eigenvalue weighted by atomic mass is 9.92. The molecule has 37 heavy (non-hydrogen) atoms. The smallest absolute Gasteiger partial charge is 0.410 e. The van der Waals surface area contributed by atoms with Gasteiger partial charge in [0.2, 0.25) is 0 Å². The van der Waals surface area contributed by atoms with Crippen LogP contribution in [-0.4, -0.2) is 85.2 Å². The minimum atomic E-state index is -0.269. The number of fused-ring (bicyclic) bond motifs is 3. The summed E-state index contributed by atoms with van der Waals surface area (Å²) >= 11 is 6.34. The zero-order chi connectivity index (χ0) is 25.8. The first-order valence-electron chi connectivity index (χ1n) is 13.5. The number of benzene rings is 2. The van der Waals surface area contributed by atoms with E-state index in [4.69, 9.17) is 16.3 Å². The first-order valence-corrected chi connectivity index (χ1v) is 13.9. The average molecular weight is 524 g/mol. The van der Waals surface area contributed by atoms with Crippen molar-refractivity contribution in [1.82, 2.24) is 25.0 Å². The van der Waals surface area contributed by atoms with E-state index < -0.39 is 0 Å². The summed E-state index contributed by atoms with van der Waals surface area (Å²) in [4.78, 5) is 23.6. The molecular formula is C29H38ClN5O2. The number of H-pyrrole nitrogens is 1. The Morgan fingerprint density at radius 1 is 1.11 bits per heavy atom. The molecule has 1 saturated heterocycles. The number of aromatic amines is 1. The van der Waals surface area contributed by atoms with Gasteiger partial charge in [-0.05, 0) is 74.8 Å². The van der Waals surface area contributed by atoms with E-state index in [0.29, 0.717) is 13.2 Å². The molecule has 1 amide bonds. The van der Waals surface area contributed by atoms with E-state index in [-0.39, 0.29) is 12.1 Å². The number of amides is 1. The summed E-state index contributed by atoms with van der Waals surface area (Å²) < 4.78 is 5.47. The van der Waals surface area contributed by atoms with Crippen LogP contribution in [0, 0.1) is 0 Å². The van der Waals surface area contributed by atoms with Gasteiger partial charge in [-0.15, -0.1) is 0 Å². The largest absolute Gasteiger partial charge is 0.450 e. The van der Waals surface area contributed by atoms with Gasteiger partial charge in [-0.2, -0.15) is 0 Å². The number of piperazine rings is 1. The Bertz CT molecular complexity index is 1220. The number of aromatic nitrogens is 1. The standard InChI is InChI=1S/C29H38ClN5O2/c1-3-37-29(36)35-13-10-24-25-19-23(30)8-9-26(25)32-27(24)28(35)22-7-4-6-21(18-22)20-34-16-14-33(15-17-34)12-5-11-31-2/h4,6-9,18-19,28,31-32H,3,5,10-17,20H2,1-2H3. The van der Waals surface area contributed by atoms with Gasteiger partial charge in [0, 0.05) is 60.9 Å². The van der Waals surface area contributed by atoms with E-state index in [1.165, 1.54) is 17.5 Å². The monoisotopic (exact) mass is 523 g/mol. The van der Waals surface area contributed by atoms with E-state index in [1.807, 2.05) is 37.1 Å². The van der Waals surface area contributed by atoms with Crippen LogP contribution >= 0.6 is 11.6 Å². The molecule has 0 radical (unpaired) electrons. The molecule has 0 aliphatic carbocycles. The molecule has 1 fully saturated rings. The lowest BCUT2D eigenvalue weighted by molar-refractivity contribution is 0.0931. The van der Waals surface area contributed by atoms with Crippen LogP contribution in [0.4, 0.5) is 4.79 Å². The molecule has 1 atom stereocenters. The van der Waals surface area contributed by atoms with Crippen molar-refractivity contribution in [3.63, 3.8) is 0 Å². The van der Waals surface area contributed by atoms with Crippen molar-refractivity contribution in [2.75, 3.05) is 59.5 Å². The number of nitrogens with one attached hydrogen (secondary N) is 2. The number of rotatable bonds is 8. The summed E-state index contributed by atoms with van der Waals surface area (Å²) in [5, 5.41) is 5.10. The predicted octanol–water partition coefficient (Wildman–Crippen LogP) is 4.65. The molecule has 0 spiro atoms. The molecule has 2 aliphatic rings. The second kappa shape index (κ2) is 11.9. The molecule has 2 aliphatic heterocycles. The molecule has 1 unspecified atom stereocenters. The third kappa shape index (κ3) is 5.80. The highest BCUT2D eigenvalue weighted by atomic mass is 35.5. The van der Waals surface area contributed by atoms with Crippen LogP contribution in [0.1, 0.15) is 41.8 Å². The van der Waals surface area contributed by atoms with Gasteiger partial charge < -0.3 is 19.9 Å². The topological polar surface area (TPSA) is 63.8 Å². The number of halogens is 1. The molecule has 7 nitrogen and oxygen atoms in total. The number of carbonyl (C=O) groups excluding carboxylic acids is 1. The van der Waals surface area contributed by atoms with Crippen molar-refractivity contribution >= 4 is 28.6 Å². The van der Waals surface area contributed by atoms with Crippen LogP contribution in [0.25, 0.3) is 10.9 Å². The average Bonchev–Trinajstić information content (AvgIpc) is 3.27. The third-order valence-corrected chi connectivity index (χ3v) is 7.87. The van der Waals surface area contributed by atoms with Gasteiger partial charge in [-0.25, -0.2) is 4.79 Å². The predicted molar refractivity (Wildman–Crippen MR) is 149 cm³/mol. The fraction of sp³-hybridized carbons (Fsp3) is 0.483. The molecule has 3 heterocycles. The van der Waals surface area contributed by atoms with Crippen LogP contribution < -0.4 is 5.32 Å². The molecule has 1 aromatic heterocycles. The van der Waals surface area contributed by atoms with Gasteiger partial charge in [0.1, 0.15) is 6.04 Å². The highest BCUT2D eigenvalue weighted by Gasteiger charge is 2.35. The van der Waals surface area contributed by atoms with E-state index in [0.717, 1.165) is 79.4 Å². The summed E-state index contributed by atoms with van der Waals surface area (Å²) in [6.07, 6.45) is 1.69. The Kier molecular flexibility index (Phi) is 8.35. The van der Waals surface area contributed by atoms with E-state index in [1.54, 1.807) is 0 Å². The van der Waals surface area contributed by atoms with Gasteiger partial charge in [-0.3, -0.25) is 9.80 Å². The Morgan fingerprint density at radius 2 is 1.92 bits per heavy atom. The highest BCUT2D eigenvalue weighted by molar-refractivity contribution is 6.31. The number of hydrogen-bond acceptors (Lipinski definition) is 5. The van der Waals surface area contributed by atoms with E-state index in [2.05, 4.69) is 44.4 Å². The van der Waals surface area contributed by atoms with Gasteiger partial charge in [0.05, 0.1) is 6.61 Å². The lowest BCUT2D eigenvalue weighted by Gasteiger charge is -2.36. The van der Waals surface area contributed by atoms with Gasteiger partial charge >= 0.3 is 6.09 Å². The van der Waals surface area contributed by atoms with Crippen LogP contribution in [0.2, 0.25) is 5.02 Å². The van der Waals surface area contributed by atoms with Crippen molar-refractivity contribution < 1.29 is 9.53 Å². The van der Waals surface area contributed by atoms with E-state index >= 15 is 0 Å². The molecule has 5 rings (SSSR count). The Morgan fingerprint density at radius 3 is 2.70 bits per heavy atom. The molecule has 198 valence electrons. The summed E-state index contributed by atoms with van der Waals surface area (Å²) in [6.45, 7) is 10.4. The van der Waals surface area contributed by atoms with Crippen molar-refractivity contribution in [3.05, 3.63) is 69.9 Å². The molecule has 8 heteroatoms. The zero-order valence-electron chi connectivity index (χ0n) is 21.9. The van der Waals surface area contributed by atoms with Crippen molar-refractivity contribution in [3.8, 4) is 0 Å². The molecular weight excluding hydrogens is 486 g/mol. The SMILES string of the molecule is CCOC(=O)N1CCc2c([nH]c3ccc(Cl)cc23)C1c1cccc(CN2CCN(CCCNC)CC2)c1. The lowest BCUT2D eigenvalue weighted by Crippen LogP contribution is -2.46. The Labute approximate surface area is 224 Å². The zero-order valence-corrected chi connectivity index (χ0v) is 22.7. The number of nitrogens with zero attached hydrogens (tertiary/aromatic N) is 3. The van der Waals surface area contributed by atoms with Crippen molar-refractivity contribution in [2.45, 2.75) is 32.4 Å². The first kappa shape index (κ1) is 26.0. The number of ether oxygens (including phenoxy) is 1. The fourth-order valence-corrected chi connectivity index (χ4v) is 5.95. The molecule has 0 bridgehead atoms. The fourth-order valence-electron chi connectivity index (χ4n) is 5.78. The second-order valence-electron chi connectivity index (χ2n) is 10.1. The first-order chi connectivity index (χ1) is 18.1. The number of hydrogen-bond donors (Lipinski definition) is 2. The highest BCUT2D eigenvalue weighted by Crippen LogP contribution is 2.39. The Hall–Kier alpha value is -2.58. The number of carbonyl (C=O) groups is 1. The van der Waals surface area contributed by atoms with Gasteiger partial charge in [-0.1, -0.05) is 35.9 Å². The minimum absolute atomic E-state index is 0.224. The summed E-state index contributed by atoms with van der Waals surface area (Å²) in [5.41, 5.74) is 5.73. The molecule has 2 N–H and O–H groups in total. The quantitative estimate of drug-likeness (QED) is 0.421. The van der Waals surface area contributed by atoms with Crippen LogP contribution in [0.5, 0.6) is 0 Å². The molecule has 0 saturated carbocycles. The second-order valence-corrected chi connectivity index (χ2v) is 10.5. The van der Waals surface area contributed by atoms with Crippen LogP contribution in [0.3, 0.4) is 0 Å². The Balaban J connectivity index is 1.38. The summed E-state index contributed by atoms with van der Waals surface area (Å²) in [6, 6.07) is 14.5. The van der Waals surface area contributed by atoms with Gasteiger partial charge in [0.25, 0.3) is 0 Å². The normalized spacial score (nSPS) is 18.8. The van der Waals surface area contributed by atoms with Crippen molar-refractivity contribution in [2.24, 2.45) is 0 Å². The third-order valence-electron chi connectivity index (χ3n) is 7.63. The van der Waals surface area contributed by atoms with Crippen LogP contribution in [-0.2, 0) is 17.7 Å². The van der Waals surface area contributed by atoms with Crippen LogP contribution in [0.15, 0.2) is 42.5 Å². The molecule has 2 aromatic carbocycles. The van der Waals surface area contributed by atoms with Gasteiger partial charge in [0.15, 0.2) is 0 Å². The minimum Gasteiger partial charge on any atom is -0.450 e. The maximum Gasteiger partial charge on any atom is 0.410 e. The summed E-state index contributed by atoms with van der Waals surface area (Å²) in [5.74, 6) is 0. The maximum atomic E-state index is 13.0.